The Kier molecular flexibility index (Phi) is 4.90. The van der Waals surface area contributed by atoms with Crippen LogP contribution in [0.5, 0.6) is 0 Å². The maximum absolute atomic E-state index is 3.86. The molecule has 0 bridgehead atoms. The summed E-state index contributed by atoms with van der Waals surface area (Å²) in [6, 6.07) is 10.2. The van der Waals surface area contributed by atoms with E-state index in [4.69, 9.17) is 0 Å². The molecule has 3 rings (SSSR count). The Hall–Kier alpha value is -0.670. The van der Waals surface area contributed by atoms with Crippen LogP contribution in [0.1, 0.15) is 39.0 Å². The highest BCUT2D eigenvalue weighted by Crippen LogP contribution is 2.36. The van der Waals surface area contributed by atoms with Gasteiger partial charge < -0.3 is 10.6 Å². The molecule has 1 heterocycles. The molecule has 2 fully saturated rings. The molecule has 2 nitrogen and oxygen atoms in total. The van der Waals surface area contributed by atoms with E-state index in [1.807, 2.05) is 11.8 Å². The van der Waals surface area contributed by atoms with E-state index in [1.165, 1.54) is 49.2 Å². The average Bonchev–Trinajstić information content (AvgIpc) is 3.11. The first-order valence-electron chi connectivity index (χ1n) is 8.10. The van der Waals surface area contributed by atoms with Gasteiger partial charge >= 0.3 is 0 Å². The predicted molar refractivity (Wildman–Crippen MR) is 88.6 cm³/mol. The van der Waals surface area contributed by atoms with E-state index in [0.717, 1.165) is 17.7 Å². The van der Waals surface area contributed by atoms with Crippen molar-refractivity contribution >= 4 is 17.4 Å². The van der Waals surface area contributed by atoms with Crippen LogP contribution in [-0.2, 0) is 0 Å². The first-order chi connectivity index (χ1) is 9.88. The van der Waals surface area contributed by atoms with Crippen LogP contribution in [0.25, 0.3) is 0 Å². The van der Waals surface area contributed by atoms with Gasteiger partial charge in [-0.3, -0.25) is 0 Å². The van der Waals surface area contributed by atoms with Gasteiger partial charge in [0.15, 0.2) is 0 Å². The first-order valence-corrected chi connectivity index (χ1v) is 9.09. The normalized spacial score (nSPS) is 29.8. The minimum Gasteiger partial charge on any atom is -0.381 e. The lowest BCUT2D eigenvalue weighted by Crippen LogP contribution is -2.38. The monoisotopic (exact) mass is 290 g/mol. The molecule has 3 unspecified atom stereocenters. The number of rotatable bonds is 5. The second kappa shape index (κ2) is 6.86. The average molecular weight is 290 g/mol. The maximum Gasteiger partial charge on any atom is 0.0480 e. The third kappa shape index (κ3) is 3.15. The van der Waals surface area contributed by atoms with Crippen molar-refractivity contribution in [1.29, 1.82) is 0 Å². The van der Waals surface area contributed by atoms with Crippen LogP contribution >= 0.6 is 11.8 Å². The fourth-order valence-corrected chi connectivity index (χ4v) is 4.56. The summed E-state index contributed by atoms with van der Waals surface area (Å²) in [6.45, 7) is 3.44. The van der Waals surface area contributed by atoms with E-state index in [0.29, 0.717) is 6.04 Å². The minimum atomic E-state index is 0.657. The van der Waals surface area contributed by atoms with Gasteiger partial charge in [0, 0.05) is 22.7 Å². The highest BCUT2D eigenvalue weighted by molar-refractivity contribution is 7.99. The number of thioether (sulfide) groups is 1. The third-order valence-electron chi connectivity index (χ3n) is 4.71. The van der Waals surface area contributed by atoms with Crippen LogP contribution < -0.4 is 10.6 Å². The van der Waals surface area contributed by atoms with Crippen LogP contribution in [0.2, 0.25) is 0 Å². The molecule has 1 aromatic carbocycles. The van der Waals surface area contributed by atoms with Gasteiger partial charge in [0.1, 0.15) is 0 Å². The molecule has 1 saturated heterocycles. The molecule has 3 atom stereocenters. The van der Waals surface area contributed by atoms with E-state index >= 15 is 0 Å². The summed E-state index contributed by atoms with van der Waals surface area (Å²) in [5, 5.41) is 7.57. The van der Waals surface area contributed by atoms with E-state index in [9.17, 15) is 0 Å². The number of para-hydroxylation sites is 1. The van der Waals surface area contributed by atoms with Gasteiger partial charge in [-0.1, -0.05) is 25.5 Å². The van der Waals surface area contributed by atoms with Crippen molar-refractivity contribution < 1.29 is 0 Å². The highest BCUT2D eigenvalue weighted by atomic mass is 32.2. The summed E-state index contributed by atoms with van der Waals surface area (Å²) >= 11 is 1.94. The van der Waals surface area contributed by atoms with Gasteiger partial charge in [-0.25, -0.2) is 0 Å². The van der Waals surface area contributed by atoms with Crippen molar-refractivity contribution in [1.82, 2.24) is 5.32 Å². The highest BCUT2D eigenvalue weighted by Gasteiger charge is 2.35. The standard InChI is InChI=1S/C17H26N2S/c1-2-20-17-11-4-3-8-16(17)19-15-9-5-7-13(15)14-10-6-12-18-14/h3-4,8,11,13-15,18-19H,2,5-7,9-10,12H2,1H3. The van der Waals surface area contributed by atoms with Gasteiger partial charge in [-0.2, -0.15) is 0 Å². The van der Waals surface area contributed by atoms with Crippen molar-refractivity contribution in [3.63, 3.8) is 0 Å². The molecule has 3 heteroatoms. The smallest absolute Gasteiger partial charge is 0.0480 e. The van der Waals surface area contributed by atoms with Gasteiger partial charge in [0.2, 0.25) is 0 Å². The number of benzene rings is 1. The number of nitrogens with one attached hydrogen (secondary N) is 2. The summed E-state index contributed by atoms with van der Waals surface area (Å²) in [7, 11) is 0. The lowest BCUT2D eigenvalue weighted by molar-refractivity contribution is 0.376. The zero-order valence-corrected chi connectivity index (χ0v) is 13.2. The molecule has 20 heavy (non-hydrogen) atoms. The summed E-state index contributed by atoms with van der Waals surface area (Å²) in [4.78, 5) is 1.40. The summed E-state index contributed by atoms with van der Waals surface area (Å²) in [6.07, 6.45) is 6.82. The quantitative estimate of drug-likeness (QED) is 0.797. The van der Waals surface area contributed by atoms with Crippen molar-refractivity contribution in [2.45, 2.75) is 56.0 Å². The molecule has 110 valence electrons. The third-order valence-corrected chi connectivity index (χ3v) is 5.67. The van der Waals surface area contributed by atoms with E-state index in [-0.39, 0.29) is 0 Å². The SMILES string of the molecule is CCSc1ccccc1NC1CCCC1C1CCCN1. The lowest BCUT2D eigenvalue weighted by Gasteiger charge is -2.28. The topological polar surface area (TPSA) is 24.1 Å². The van der Waals surface area contributed by atoms with Gasteiger partial charge in [-0.05, 0) is 56.0 Å². The van der Waals surface area contributed by atoms with Crippen molar-refractivity contribution in [2.75, 3.05) is 17.6 Å². The Labute approximate surface area is 127 Å². The maximum atomic E-state index is 3.86. The molecule has 2 aliphatic rings. The van der Waals surface area contributed by atoms with Crippen LogP contribution in [-0.4, -0.2) is 24.4 Å². The van der Waals surface area contributed by atoms with E-state index in [2.05, 4.69) is 41.8 Å². The zero-order chi connectivity index (χ0) is 13.8. The number of hydrogen-bond donors (Lipinski definition) is 2. The Morgan fingerprint density at radius 2 is 2.10 bits per heavy atom. The van der Waals surface area contributed by atoms with Gasteiger partial charge in [0.25, 0.3) is 0 Å². The van der Waals surface area contributed by atoms with Crippen molar-refractivity contribution in [3.05, 3.63) is 24.3 Å². The molecular formula is C17H26N2S. The van der Waals surface area contributed by atoms with Gasteiger partial charge in [0.05, 0.1) is 0 Å². The number of anilines is 1. The zero-order valence-electron chi connectivity index (χ0n) is 12.4. The van der Waals surface area contributed by atoms with Crippen LogP contribution in [0.3, 0.4) is 0 Å². The first kappa shape index (κ1) is 14.3. The molecule has 1 aliphatic carbocycles. The molecule has 0 aromatic heterocycles. The molecule has 0 radical (unpaired) electrons. The Balaban J connectivity index is 1.69. The fourth-order valence-electron chi connectivity index (χ4n) is 3.79. The predicted octanol–water partition coefficient (Wildman–Crippen LogP) is 4.13. The summed E-state index contributed by atoms with van der Waals surface area (Å²) in [5.74, 6) is 1.95. The molecule has 2 N–H and O–H groups in total. The summed E-state index contributed by atoms with van der Waals surface area (Å²) in [5.41, 5.74) is 1.34. The Morgan fingerprint density at radius 1 is 1.20 bits per heavy atom. The van der Waals surface area contributed by atoms with Crippen LogP contribution in [0, 0.1) is 5.92 Å². The molecule has 1 saturated carbocycles. The Morgan fingerprint density at radius 3 is 2.90 bits per heavy atom. The lowest BCUT2D eigenvalue weighted by atomic mass is 9.93. The fraction of sp³-hybridized carbons (Fsp3) is 0.647. The van der Waals surface area contributed by atoms with Crippen molar-refractivity contribution in [2.24, 2.45) is 5.92 Å². The van der Waals surface area contributed by atoms with Gasteiger partial charge in [-0.15, -0.1) is 11.8 Å². The second-order valence-electron chi connectivity index (χ2n) is 5.98. The number of hydrogen-bond acceptors (Lipinski definition) is 3. The van der Waals surface area contributed by atoms with E-state index in [1.54, 1.807) is 0 Å². The Bertz CT molecular complexity index is 429. The molecule has 0 spiro atoms. The minimum absolute atomic E-state index is 0.657. The second-order valence-corrected chi connectivity index (χ2v) is 7.28. The molecule has 1 aliphatic heterocycles. The van der Waals surface area contributed by atoms with E-state index < -0.39 is 0 Å². The van der Waals surface area contributed by atoms with Crippen LogP contribution in [0.15, 0.2) is 29.2 Å². The molecular weight excluding hydrogens is 264 g/mol. The van der Waals surface area contributed by atoms with Crippen LogP contribution in [0.4, 0.5) is 5.69 Å². The summed E-state index contributed by atoms with van der Waals surface area (Å²) < 4.78 is 0. The molecule has 0 amide bonds. The largest absolute Gasteiger partial charge is 0.381 e. The van der Waals surface area contributed by atoms with Crippen molar-refractivity contribution in [3.8, 4) is 0 Å². The molecule has 1 aromatic rings.